The van der Waals surface area contributed by atoms with Gasteiger partial charge in [-0.2, -0.15) is 0 Å². The zero-order valence-corrected chi connectivity index (χ0v) is 20.3. The number of carbonyl (C=O) groups is 1. The average molecular weight is 505 g/mol. The lowest BCUT2D eigenvalue weighted by Crippen LogP contribution is -2.11. The van der Waals surface area contributed by atoms with E-state index in [1.54, 1.807) is 28.8 Å². The molecule has 0 aliphatic heterocycles. The number of halogens is 2. The smallest absolute Gasteiger partial charge is 0.351 e. The summed E-state index contributed by atoms with van der Waals surface area (Å²) in [6, 6.07) is 8.34. The molecule has 11 heteroatoms. The fourth-order valence-corrected chi connectivity index (χ4v) is 4.92. The number of hydrogen-bond acceptors (Lipinski definition) is 8. The topological polar surface area (TPSA) is 87.5 Å². The van der Waals surface area contributed by atoms with E-state index in [-0.39, 0.29) is 0 Å². The van der Waals surface area contributed by atoms with E-state index in [0.29, 0.717) is 63.6 Å². The van der Waals surface area contributed by atoms with E-state index in [2.05, 4.69) is 15.3 Å². The SMILES string of the molecule is CCOc1cc(-c2cc(NCCn3c(Cl)c(OC)c4c(F)cccc43)ncn2)sc1C(=O)OC. The number of nitrogens with zero attached hydrogens (tertiary/aromatic N) is 3. The van der Waals surface area contributed by atoms with Crippen LogP contribution in [0, 0.1) is 5.82 Å². The minimum atomic E-state index is -0.463. The summed E-state index contributed by atoms with van der Waals surface area (Å²) >= 11 is 7.70. The van der Waals surface area contributed by atoms with E-state index in [0.717, 1.165) is 4.88 Å². The molecule has 0 amide bonds. The molecule has 0 radical (unpaired) electrons. The first-order chi connectivity index (χ1) is 16.5. The molecule has 0 saturated heterocycles. The lowest BCUT2D eigenvalue weighted by Gasteiger charge is -2.09. The van der Waals surface area contributed by atoms with Gasteiger partial charge in [0, 0.05) is 25.2 Å². The molecule has 0 fully saturated rings. The highest BCUT2D eigenvalue weighted by atomic mass is 35.5. The highest BCUT2D eigenvalue weighted by molar-refractivity contribution is 7.17. The van der Waals surface area contributed by atoms with Crippen LogP contribution < -0.4 is 14.8 Å². The van der Waals surface area contributed by atoms with Gasteiger partial charge >= 0.3 is 5.97 Å². The number of methoxy groups -OCH3 is 2. The van der Waals surface area contributed by atoms with Gasteiger partial charge in [0.2, 0.25) is 0 Å². The Morgan fingerprint density at radius 2 is 2.09 bits per heavy atom. The highest BCUT2D eigenvalue weighted by Gasteiger charge is 2.21. The Labute approximate surface area is 204 Å². The van der Waals surface area contributed by atoms with Crippen molar-refractivity contribution < 1.29 is 23.4 Å². The number of ether oxygens (including phenoxy) is 3. The second-order valence-electron chi connectivity index (χ2n) is 7.05. The number of nitrogens with one attached hydrogen (secondary N) is 1. The molecule has 8 nitrogen and oxygen atoms in total. The van der Waals surface area contributed by atoms with Gasteiger partial charge in [-0.05, 0) is 19.1 Å². The van der Waals surface area contributed by atoms with E-state index in [4.69, 9.17) is 25.8 Å². The normalized spacial score (nSPS) is 11.0. The molecule has 4 rings (SSSR count). The Balaban J connectivity index is 1.53. The third-order valence-corrected chi connectivity index (χ3v) is 6.56. The van der Waals surface area contributed by atoms with Crippen molar-refractivity contribution in [3.05, 3.63) is 52.5 Å². The Morgan fingerprint density at radius 1 is 1.26 bits per heavy atom. The summed E-state index contributed by atoms with van der Waals surface area (Å²) < 4.78 is 31.9. The monoisotopic (exact) mass is 504 g/mol. The fourth-order valence-electron chi connectivity index (χ4n) is 3.58. The van der Waals surface area contributed by atoms with Gasteiger partial charge < -0.3 is 24.1 Å². The van der Waals surface area contributed by atoms with Crippen LogP contribution in [0.15, 0.2) is 36.7 Å². The van der Waals surface area contributed by atoms with Gasteiger partial charge in [0.05, 0.1) is 42.3 Å². The Hall–Kier alpha value is -3.37. The van der Waals surface area contributed by atoms with Gasteiger partial charge in [-0.1, -0.05) is 17.7 Å². The number of esters is 1. The molecule has 0 bridgehead atoms. The van der Waals surface area contributed by atoms with Crippen molar-refractivity contribution in [1.29, 1.82) is 0 Å². The largest absolute Gasteiger partial charge is 0.493 e. The number of benzene rings is 1. The minimum Gasteiger partial charge on any atom is -0.493 e. The number of hydrogen-bond donors (Lipinski definition) is 1. The maximum Gasteiger partial charge on any atom is 0.351 e. The molecular weight excluding hydrogens is 483 g/mol. The van der Waals surface area contributed by atoms with Crippen molar-refractivity contribution in [2.45, 2.75) is 13.5 Å². The first-order valence-electron chi connectivity index (χ1n) is 10.4. The average Bonchev–Trinajstić information content (AvgIpc) is 3.39. The van der Waals surface area contributed by atoms with Gasteiger partial charge in [0.15, 0.2) is 15.8 Å². The first-order valence-corrected chi connectivity index (χ1v) is 11.6. The zero-order chi connectivity index (χ0) is 24.2. The predicted octanol–water partition coefficient (Wildman–Crippen LogP) is 5.26. The number of rotatable bonds is 9. The zero-order valence-electron chi connectivity index (χ0n) is 18.7. The molecule has 0 unspecified atom stereocenters. The third kappa shape index (κ3) is 4.51. The molecule has 0 aliphatic rings. The maximum atomic E-state index is 14.3. The van der Waals surface area contributed by atoms with Crippen molar-refractivity contribution in [1.82, 2.24) is 14.5 Å². The van der Waals surface area contributed by atoms with E-state index in [1.807, 2.05) is 6.92 Å². The first kappa shape index (κ1) is 23.8. The summed E-state index contributed by atoms with van der Waals surface area (Å²) in [5.41, 5.74) is 1.27. The van der Waals surface area contributed by atoms with Crippen LogP contribution in [-0.2, 0) is 11.3 Å². The molecule has 4 aromatic rings. The Kier molecular flexibility index (Phi) is 7.18. The number of carbonyl (C=O) groups excluding carboxylic acids is 1. The summed E-state index contributed by atoms with van der Waals surface area (Å²) in [4.78, 5) is 21.8. The lowest BCUT2D eigenvalue weighted by molar-refractivity contribution is 0.0602. The molecule has 34 heavy (non-hydrogen) atoms. The lowest BCUT2D eigenvalue weighted by atomic mass is 10.2. The minimum absolute atomic E-state index is 0.309. The van der Waals surface area contributed by atoms with Crippen molar-refractivity contribution in [3.8, 4) is 22.1 Å². The van der Waals surface area contributed by atoms with E-state index in [1.165, 1.54) is 38.0 Å². The number of thiophene rings is 1. The standard InChI is InChI=1S/C23H22ClFN4O4S/c1-4-33-16-11-17(34-21(16)23(30)32-3)14-10-18(28-12-27-14)26-8-9-29-15-7-5-6-13(25)19(15)20(31-2)22(29)24/h5-7,10-12H,4,8-9H2,1-3H3,(H,26,27,28). The molecule has 0 aliphatic carbocycles. The molecule has 1 N–H and O–H groups in total. The van der Waals surface area contributed by atoms with Crippen LogP contribution in [0.4, 0.5) is 10.2 Å². The summed E-state index contributed by atoms with van der Waals surface area (Å²) in [6.45, 7) is 3.17. The van der Waals surface area contributed by atoms with Crippen LogP contribution in [0.5, 0.6) is 11.5 Å². The highest BCUT2D eigenvalue weighted by Crippen LogP contribution is 2.38. The molecule has 3 heterocycles. The van der Waals surface area contributed by atoms with Crippen LogP contribution in [0.25, 0.3) is 21.5 Å². The summed E-state index contributed by atoms with van der Waals surface area (Å²) in [5, 5.41) is 3.91. The van der Waals surface area contributed by atoms with Gasteiger partial charge in [-0.3, -0.25) is 0 Å². The molecule has 3 aromatic heterocycles. The van der Waals surface area contributed by atoms with Crippen LogP contribution >= 0.6 is 22.9 Å². The molecule has 0 saturated carbocycles. The fraction of sp³-hybridized carbons (Fsp3) is 0.261. The Bertz CT molecular complexity index is 1340. The van der Waals surface area contributed by atoms with Crippen molar-refractivity contribution >= 4 is 45.6 Å². The van der Waals surface area contributed by atoms with Crippen LogP contribution in [0.1, 0.15) is 16.6 Å². The summed E-state index contributed by atoms with van der Waals surface area (Å²) in [7, 11) is 2.79. The maximum absolute atomic E-state index is 14.3. The van der Waals surface area contributed by atoms with E-state index in [9.17, 15) is 9.18 Å². The molecule has 178 valence electrons. The Morgan fingerprint density at radius 3 is 2.82 bits per heavy atom. The van der Waals surface area contributed by atoms with Crippen LogP contribution in [0.2, 0.25) is 5.15 Å². The predicted molar refractivity (Wildman–Crippen MR) is 130 cm³/mol. The number of aromatic nitrogens is 3. The van der Waals surface area contributed by atoms with Gasteiger partial charge in [-0.15, -0.1) is 11.3 Å². The number of fused-ring (bicyclic) bond motifs is 1. The summed E-state index contributed by atoms with van der Waals surface area (Å²) in [5.74, 6) is 0.495. The van der Waals surface area contributed by atoms with Gasteiger partial charge in [0.1, 0.15) is 23.7 Å². The molecule has 0 spiro atoms. The molecule has 0 atom stereocenters. The van der Waals surface area contributed by atoms with E-state index >= 15 is 0 Å². The van der Waals surface area contributed by atoms with Gasteiger partial charge in [-0.25, -0.2) is 19.2 Å². The van der Waals surface area contributed by atoms with Crippen molar-refractivity contribution in [2.24, 2.45) is 0 Å². The van der Waals surface area contributed by atoms with Crippen molar-refractivity contribution in [2.75, 3.05) is 32.7 Å². The second-order valence-corrected chi connectivity index (χ2v) is 8.46. The van der Waals surface area contributed by atoms with E-state index < -0.39 is 11.8 Å². The summed E-state index contributed by atoms with van der Waals surface area (Å²) in [6.07, 6.45) is 1.44. The molecular formula is C23H22ClFN4O4S. The number of anilines is 1. The van der Waals surface area contributed by atoms with Crippen LogP contribution in [-0.4, -0.2) is 47.9 Å². The quantitative estimate of drug-likeness (QED) is 0.311. The second kappa shape index (κ2) is 10.3. The van der Waals surface area contributed by atoms with Crippen LogP contribution in [0.3, 0.4) is 0 Å². The molecule has 1 aromatic carbocycles. The third-order valence-electron chi connectivity index (χ3n) is 5.07. The van der Waals surface area contributed by atoms with Crippen molar-refractivity contribution in [3.63, 3.8) is 0 Å². The van der Waals surface area contributed by atoms with Gasteiger partial charge in [0.25, 0.3) is 0 Å².